The fourth-order valence-corrected chi connectivity index (χ4v) is 1.89. The van der Waals surface area contributed by atoms with Gasteiger partial charge in [-0.3, -0.25) is 4.79 Å². The van der Waals surface area contributed by atoms with Crippen LogP contribution in [0.1, 0.15) is 15.9 Å². The number of ether oxygens (including phenoxy) is 1. The number of rotatable bonds is 4. The first-order valence-corrected chi connectivity index (χ1v) is 6.74. The molecule has 0 fully saturated rings. The molecule has 0 saturated heterocycles. The van der Waals surface area contributed by atoms with Crippen LogP contribution >= 0.6 is 15.9 Å². The molecule has 0 radical (unpaired) electrons. The van der Waals surface area contributed by atoms with Gasteiger partial charge in [0, 0.05) is 0 Å². The van der Waals surface area contributed by atoms with Gasteiger partial charge >= 0.3 is 6.61 Å². The van der Waals surface area contributed by atoms with Crippen molar-refractivity contribution in [1.82, 2.24) is 4.98 Å². The highest BCUT2D eigenvalue weighted by Crippen LogP contribution is 2.22. The summed E-state index contributed by atoms with van der Waals surface area (Å²) in [6.07, 6.45) is 1.46. The molecule has 0 atom stereocenters. The van der Waals surface area contributed by atoms with E-state index in [2.05, 4.69) is 31.0 Å². The summed E-state index contributed by atoms with van der Waals surface area (Å²) in [7, 11) is 0. The Kier molecular flexibility index (Phi) is 4.85. The summed E-state index contributed by atoms with van der Waals surface area (Å²) in [5, 5.41) is 2.59. The molecule has 110 valence electrons. The lowest BCUT2D eigenvalue weighted by molar-refractivity contribution is -0.0501. The number of nitrogens with zero attached hydrogens (tertiary/aromatic N) is 1. The molecule has 0 aliphatic carbocycles. The Labute approximate surface area is 128 Å². The van der Waals surface area contributed by atoms with E-state index in [4.69, 9.17) is 0 Å². The number of nitrogens with one attached hydrogen (secondary N) is 1. The summed E-state index contributed by atoms with van der Waals surface area (Å²) >= 11 is 3.25. The van der Waals surface area contributed by atoms with Crippen molar-refractivity contribution in [2.24, 2.45) is 0 Å². The van der Waals surface area contributed by atoms with E-state index in [-0.39, 0.29) is 11.3 Å². The van der Waals surface area contributed by atoms with Gasteiger partial charge in [-0.05, 0) is 46.6 Å². The minimum atomic E-state index is -2.99. The molecule has 0 aliphatic rings. The standard InChI is InChI=1S/C14H11BrF2N2O2/c1-8-6-9(7-18-12(8)15)19-13(20)10-4-2-3-5-11(10)21-14(16)17/h2-7,14H,1H3,(H,19,20). The van der Waals surface area contributed by atoms with E-state index >= 15 is 0 Å². The van der Waals surface area contributed by atoms with Gasteiger partial charge in [-0.2, -0.15) is 8.78 Å². The number of para-hydroxylation sites is 1. The van der Waals surface area contributed by atoms with Gasteiger partial charge in [-0.1, -0.05) is 12.1 Å². The Hall–Kier alpha value is -2.02. The molecule has 1 N–H and O–H groups in total. The summed E-state index contributed by atoms with van der Waals surface area (Å²) < 4.78 is 29.6. The number of anilines is 1. The number of aromatic nitrogens is 1. The Balaban J connectivity index is 2.22. The fraction of sp³-hybridized carbons (Fsp3) is 0.143. The third-order valence-electron chi connectivity index (χ3n) is 2.62. The molecule has 2 aromatic rings. The monoisotopic (exact) mass is 356 g/mol. The Morgan fingerprint density at radius 2 is 2.10 bits per heavy atom. The van der Waals surface area contributed by atoms with Crippen molar-refractivity contribution in [1.29, 1.82) is 0 Å². The fourth-order valence-electron chi connectivity index (χ4n) is 1.68. The number of halogens is 3. The van der Waals surface area contributed by atoms with E-state index < -0.39 is 12.5 Å². The largest absolute Gasteiger partial charge is 0.434 e. The lowest BCUT2D eigenvalue weighted by Crippen LogP contribution is -2.15. The van der Waals surface area contributed by atoms with Gasteiger partial charge in [0.15, 0.2) is 0 Å². The van der Waals surface area contributed by atoms with Crippen molar-refractivity contribution >= 4 is 27.5 Å². The van der Waals surface area contributed by atoms with Crippen LogP contribution in [0.25, 0.3) is 0 Å². The molecule has 7 heteroatoms. The summed E-state index contributed by atoms with van der Waals surface area (Å²) in [5.41, 5.74) is 1.33. The molecule has 0 aliphatic heterocycles. The number of aryl methyl sites for hydroxylation is 1. The highest BCUT2D eigenvalue weighted by Gasteiger charge is 2.15. The topological polar surface area (TPSA) is 51.2 Å². The van der Waals surface area contributed by atoms with Gasteiger partial charge < -0.3 is 10.1 Å². The molecule has 1 heterocycles. The predicted octanol–water partition coefficient (Wildman–Crippen LogP) is 4.01. The van der Waals surface area contributed by atoms with Crippen LogP contribution in [0.4, 0.5) is 14.5 Å². The number of hydrogen-bond acceptors (Lipinski definition) is 3. The zero-order chi connectivity index (χ0) is 15.4. The summed E-state index contributed by atoms with van der Waals surface area (Å²) in [5.74, 6) is -0.721. The molecule has 2 rings (SSSR count). The van der Waals surface area contributed by atoms with E-state index in [1.54, 1.807) is 12.1 Å². The van der Waals surface area contributed by atoms with Crippen molar-refractivity contribution in [2.45, 2.75) is 13.5 Å². The molecule has 0 spiro atoms. The molecule has 21 heavy (non-hydrogen) atoms. The molecule has 1 amide bonds. The zero-order valence-corrected chi connectivity index (χ0v) is 12.5. The van der Waals surface area contributed by atoms with Gasteiger partial charge in [0.05, 0.1) is 17.4 Å². The van der Waals surface area contributed by atoms with Crippen LogP contribution in [0.2, 0.25) is 0 Å². The summed E-state index contributed by atoms with van der Waals surface area (Å²) in [4.78, 5) is 16.2. The first kappa shape index (κ1) is 15.4. The number of amides is 1. The highest BCUT2D eigenvalue weighted by molar-refractivity contribution is 9.10. The third-order valence-corrected chi connectivity index (χ3v) is 3.45. The van der Waals surface area contributed by atoms with Crippen LogP contribution in [0.5, 0.6) is 5.75 Å². The van der Waals surface area contributed by atoms with E-state index in [0.717, 1.165) is 5.56 Å². The molecule has 4 nitrogen and oxygen atoms in total. The SMILES string of the molecule is Cc1cc(NC(=O)c2ccccc2OC(F)F)cnc1Br. The first-order chi connectivity index (χ1) is 9.97. The van der Waals surface area contributed by atoms with Crippen molar-refractivity contribution in [3.63, 3.8) is 0 Å². The van der Waals surface area contributed by atoms with E-state index in [1.807, 2.05) is 6.92 Å². The molecule has 1 aromatic heterocycles. The molecule has 1 aromatic carbocycles. The van der Waals surface area contributed by atoms with E-state index in [0.29, 0.717) is 10.3 Å². The molecule has 0 unspecified atom stereocenters. The quantitative estimate of drug-likeness (QED) is 0.842. The smallest absolute Gasteiger partial charge is 0.387 e. The number of pyridine rings is 1. The molecular weight excluding hydrogens is 346 g/mol. The number of carbonyl (C=O) groups is 1. The maximum absolute atomic E-state index is 12.3. The third kappa shape index (κ3) is 3.98. The Bertz CT molecular complexity index is 665. The van der Waals surface area contributed by atoms with Crippen molar-refractivity contribution in [3.05, 3.63) is 52.3 Å². The average molecular weight is 357 g/mol. The van der Waals surface area contributed by atoms with Crippen LogP contribution in [0, 0.1) is 6.92 Å². The van der Waals surface area contributed by atoms with Crippen LogP contribution < -0.4 is 10.1 Å². The van der Waals surface area contributed by atoms with Crippen LogP contribution in [0.3, 0.4) is 0 Å². The minimum Gasteiger partial charge on any atom is -0.434 e. The predicted molar refractivity (Wildman–Crippen MR) is 77.7 cm³/mol. The Morgan fingerprint density at radius 3 is 2.76 bits per heavy atom. The maximum Gasteiger partial charge on any atom is 0.387 e. The van der Waals surface area contributed by atoms with Crippen LogP contribution in [0.15, 0.2) is 41.1 Å². The lowest BCUT2D eigenvalue weighted by atomic mass is 10.2. The second-order valence-electron chi connectivity index (χ2n) is 4.16. The number of alkyl halides is 2. The van der Waals surface area contributed by atoms with Crippen LogP contribution in [-0.2, 0) is 0 Å². The minimum absolute atomic E-state index is 0.0263. The number of benzene rings is 1. The van der Waals surface area contributed by atoms with Gasteiger partial charge in [0.25, 0.3) is 5.91 Å². The number of hydrogen-bond donors (Lipinski definition) is 1. The van der Waals surface area contributed by atoms with Crippen molar-refractivity contribution in [2.75, 3.05) is 5.32 Å². The lowest BCUT2D eigenvalue weighted by Gasteiger charge is -2.11. The maximum atomic E-state index is 12.3. The molecule has 0 saturated carbocycles. The molecule has 0 bridgehead atoms. The molecular formula is C14H11BrF2N2O2. The highest BCUT2D eigenvalue weighted by atomic mass is 79.9. The second-order valence-corrected chi connectivity index (χ2v) is 4.91. The van der Waals surface area contributed by atoms with Crippen molar-refractivity contribution in [3.8, 4) is 5.75 Å². The van der Waals surface area contributed by atoms with Crippen LogP contribution in [-0.4, -0.2) is 17.5 Å². The van der Waals surface area contributed by atoms with Crippen molar-refractivity contribution < 1.29 is 18.3 Å². The first-order valence-electron chi connectivity index (χ1n) is 5.94. The number of carbonyl (C=O) groups excluding carboxylic acids is 1. The Morgan fingerprint density at radius 1 is 1.38 bits per heavy atom. The van der Waals surface area contributed by atoms with Gasteiger partial charge in [-0.25, -0.2) is 4.98 Å². The zero-order valence-electron chi connectivity index (χ0n) is 10.9. The second kappa shape index (κ2) is 6.62. The summed E-state index contributed by atoms with van der Waals surface area (Å²) in [6.45, 7) is -1.17. The van der Waals surface area contributed by atoms with Gasteiger partial charge in [0.2, 0.25) is 0 Å². The van der Waals surface area contributed by atoms with Gasteiger partial charge in [0.1, 0.15) is 10.4 Å². The average Bonchev–Trinajstić information content (AvgIpc) is 2.43. The van der Waals surface area contributed by atoms with E-state index in [1.165, 1.54) is 24.4 Å². The van der Waals surface area contributed by atoms with Gasteiger partial charge in [-0.15, -0.1) is 0 Å². The van der Waals surface area contributed by atoms with E-state index in [9.17, 15) is 13.6 Å². The normalized spacial score (nSPS) is 10.5. The summed E-state index contributed by atoms with van der Waals surface area (Å²) in [6, 6.07) is 7.52.